The highest BCUT2D eigenvalue weighted by Gasteiger charge is 2.35. The molecule has 122 valence electrons. The van der Waals surface area contributed by atoms with Gasteiger partial charge in [0.2, 0.25) is 0 Å². The Bertz CT molecular complexity index is 350. The SMILES string of the molecule is CC(C)=CCCC(C)CC(=O)OC(C)(C)C1CC[NH2+]CC1. The number of esters is 1. The zero-order chi connectivity index (χ0) is 15.9. The monoisotopic (exact) mass is 296 g/mol. The minimum absolute atomic E-state index is 0.0285. The summed E-state index contributed by atoms with van der Waals surface area (Å²) in [6.07, 6.45) is 7.19. The molecule has 0 aromatic heterocycles. The van der Waals surface area contributed by atoms with E-state index in [1.807, 2.05) is 0 Å². The Hall–Kier alpha value is -0.830. The molecule has 2 N–H and O–H groups in total. The number of ether oxygens (including phenoxy) is 1. The quantitative estimate of drug-likeness (QED) is 0.579. The number of rotatable bonds is 7. The first-order valence-corrected chi connectivity index (χ1v) is 8.48. The molecule has 0 radical (unpaired) electrons. The fourth-order valence-corrected chi connectivity index (χ4v) is 3.08. The molecule has 1 unspecified atom stereocenters. The van der Waals surface area contributed by atoms with Crippen molar-refractivity contribution in [2.45, 2.75) is 72.3 Å². The maximum atomic E-state index is 12.2. The Labute approximate surface area is 130 Å². The molecule has 0 bridgehead atoms. The summed E-state index contributed by atoms with van der Waals surface area (Å²) in [7, 11) is 0. The van der Waals surface area contributed by atoms with Gasteiger partial charge in [0.25, 0.3) is 0 Å². The van der Waals surface area contributed by atoms with Gasteiger partial charge in [-0.15, -0.1) is 0 Å². The topological polar surface area (TPSA) is 42.9 Å². The lowest BCUT2D eigenvalue weighted by Gasteiger charge is -2.35. The average molecular weight is 296 g/mol. The summed E-state index contributed by atoms with van der Waals surface area (Å²) in [5.74, 6) is 0.871. The minimum atomic E-state index is -0.315. The summed E-state index contributed by atoms with van der Waals surface area (Å²) in [5.41, 5.74) is 1.03. The van der Waals surface area contributed by atoms with Crippen LogP contribution < -0.4 is 5.32 Å². The van der Waals surface area contributed by atoms with Gasteiger partial charge in [-0.2, -0.15) is 0 Å². The van der Waals surface area contributed by atoms with Crippen molar-refractivity contribution in [2.75, 3.05) is 13.1 Å². The molecule has 1 rings (SSSR count). The largest absolute Gasteiger partial charge is 0.459 e. The van der Waals surface area contributed by atoms with Crippen LogP contribution in [-0.2, 0) is 9.53 Å². The second-order valence-electron chi connectivity index (χ2n) is 7.39. The van der Waals surface area contributed by atoms with Crippen LogP contribution in [0.5, 0.6) is 0 Å². The molecule has 0 aliphatic carbocycles. The average Bonchev–Trinajstić information content (AvgIpc) is 2.38. The lowest BCUT2D eigenvalue weighted by molar-refractivity contribution is -0.665. The molecule has 1 fully saturated rings. The van der Waals surface area contributed by atoms with Gasteiger partial charge in [0, 0.05) is 25.2 Å². The van der Waals surface area contributed by atoms with Crippen LogP contribution in [0.3, 0.4) is 0 Å². The second-order valence-corrected chi connectivity index (χ2v) is 7.39. The van der Waals surface area contributed by atoms with Crippen molar-refractivity contribution in [3.63, 3.8) is 0 Å². The van der Waals surface area contributed by atoms with E-state index in [0.717, 1.165) is 38.8 Å². The van der Waals surface area contributed by atoms with Crippen molar-refractivity contribution < 1.29 is 14.8 Å². The molecule has 1 saturated heterocycles. The third-order valence-corrected chi connectivity index (χ3v) is 4.53. The van der Waals surface area contributed by atoms with Gasteiger partial charge in [0.05, 0.1) is 13.1 Å². The molecule has 1 atom stereocenters. The summed E-state index contributed by atoms with van der Waals surface area (Å²) in [6, 6.07) is 0. The molecule has 0 aromatic rings. The zero-order valence-corrected chi connectivity index (χ0v) is 14.6. The Morgan fingerprint density at radius 2 is 1.95 bits per heavy atom. The van der Waals surface area contributed by atoms with E-state index in [1.54, 1.807) is 0 Å². The third-order valence-electron chi connectivity index (χ3n) is 4.53. The molecule has 3 heteroatoms. The first kappa shape index (κ1) is 18.2. The molecule has 1 aliphatic rings. The van der Waals surface area contributed by atoms with E-state index < -0.39 is 0 Å². The number of hydrogen-bond acceptors (Lipinski definition) is 2. The van der Waals surface area contributed by atoms with Crippen LogP contribution in [0.1, 0.15) is 66.7 Å². The van der Waals surface area contributed by atoms with E-state index in [4.69, 9.17) is 4.74 Å². The number of allylic oxidation sites excluding steroid dienone is 2. The smallest absolute Gasteiger partial charge is 0.306 e. The molecule has 3 nitrogen and oxygen atoms in total. The van der Waals surface area contributed by atoms with Crippen LogP contribution in [0.25, 0.3) is 0 Å². The maximum Gasteiger partial charge on any atom is 0.306 e. The van der Waals surface area contributed by atoms with Crippen LogP contribution in [0.15, 0.2) is 11.6 Å². The summed E-state index contributed by atoms with van der Waals surface area (Å²) >= 11 is 0. The van der Waals surface area contributed by atoms with Crippen molar-refractivity contribution in [1.29, 1.82) is 0 Å². The van der Waals surface area contributed by atoms with Crippen LogP contribution in [-0.4, -0.2) is 24.7 Å². The van der Waals surface area contributed by atoms with Crippen molar-refractivity contribution in [2.24, 2.45) is 11.8 Å². The van der Waals surface area contributed by atoms with Gasteiger partial charge < -0.3 is 10.1 Å². The molecule has 0 amide bonds. The number of piperidine rings is 1. The summed E-state index contributed by atoms with van der Waals surface area (Å²) < 4.78 is 5.81. The Kier molecular flexibility index (Phi) is 7.44. The van der Waals surface area contributed by atoms with Crippen LogP contribution >= 0.6 is 0 Å². The number of carbonyl (C=O) groups excluding carboxylic acids is 1. The molecule has 21 heavy (non-hydrogen) atoms. The van der Waals surface area contributed by atoms with Crippen LogP contribution in [0, 0.1) is 11.8 Å². The minimum Gasteiger partial charge on any atom is -0.459 e. The first-order chi connectivity index (χ1) is 9.81. The van der Waals surface area contributed by atoms with E-state index >= 15 is 0 Å². The van der Waals surface area contributed by atoms with Gasteiger partial charge in [-0.05, 0) is 46.5 Å². The summed E-state index contributed by atoms with van der Waals surface area (Å²) in [5, 5.41) is 2.35. The number of quaternary nitrogens is 1. The van der Waals surface area contributed by atoms with Gasteiger partial charge in [-0.1, -0.05) is 18.6 Å². The standard InChI is InChI=1S/C18H33NO2/c1-14(2)7-6-8-15(3)13-17(20)21-18(4,5)16-9-11-19-12-10-16/h7,15-16,19H,6,8-13H2,1-5H3/p+1. The second kappa shape index (κ2) is 8.57. The molecular weight excluding hydrogens is 262 g/mol. The van der Waals surface area contributed by atoms with Crippen molar-refractivity contribution >= 4 is 5.97 Å². The number of hydrogen-bond donors (Lipinski definition) is 1. The fraction of sp³-hybridized carbons (Fsp3) is 0.833. The Morgan fingerprint density at radius 3 is 2.52 bits per heavy atom. The molecule has 0 saturated carbocycles. The van der Waals surface area contributed by atoms with Gasteiger partial charge >= 0.3 is 5.97 Å². The van der Waals surface area contributed by atoms with E-state index in [2.05, 4.69) is 46.0 Å². The Morgan fingerprint density at radius 1 is 1.33 bits per heavy atom. The predicted molar refractivity (Wildman–Crippen MR) is 87.0 cm³/mol. The first-order valence-electron chi connectivity index (χ1n) is 8.48. The molecule has 0 aromatic carbocycles. The maximum absolute atomic E-state index is 12.2. The molecular formula is C18H34NO2+. The van der Waals surface area contributed by atoms with Crippen molar-refractivity contribution in [1.82, 2.24) is 0 Å². The molecule has 1 heterocycles. The normalized spacial score (nSPS) is 18.1. The summed E-state index contributed by atoms with van der Waals surface area (Å²) in [4.78, 5) is 12.2. The van der Waals surface area contributed by atoms with Gasteiger partial charge in [-0.25, -0.2) is 0 Å². The lowest BCUT2D eigenvalue weighted by Crippen LogP contribution is -2.86. The highest BCUT2D eigenvalue weighted by Crippen LogP contribution is 2.28. The van der Waals surface area contributed by atoms with Gasteiger partial charge in [0.15, 0.2) is 0 Å². The summed E-state index contributed by atoms with van der Waals surface area (Å²) in [6.45, 7) is 12.8. The van der Waals surface area contributed by atoms with E-state index in [9.17, 15) is 4.79 Å². The highest BCUT2D eigenvalue weighted by atomic mass is 16.6. The zero-order valence-electron chi connectivity index (χ0n) is 14.6. The highest BCUT2D eigenvalue weighted by molar-refractivity contribution is 5.70. The third kappa shape index (κ3) is 7.12. The van der Waals surface area contributed by atoms with E-state index in [-0.39, 0.29) is 11.6 Å². The van der Waals surface area contributed by atoms with Gasteiger partial charge in [-0.3, -0.25) is 4.79 Å². The Balaban J connectivity index is 2.35. The van der Waals surface area contributed by atoms with Crippen LogP contribution in [0.2, 0.25) is 0 Å². The number of carbonyl (C=O) groups is 1. The van der Waals surface area contributed by atoms with Gasteiger partial charge in [0.1, 0.15) is 5.60 Å². The number of nitrogens with two attached hydrogens (primary N) is 1. The van der Waals surface area contributed by atoms with E-state index in [1.165, 1.54) is 5.57 Å². The lowest BCUT2D eigenvalue weighted by atomic mass is 9.83. The fourth-order valence-electron chi connectivity index (χ4n) is 3.08. The van der Waals surface area contributed by atoms with Crippen LogP contribution in [0.4, 0.5) is 0 Å². The van der Waals surface area contributed by atoms with E-state index in [0.29, 0.717) is 18.3 Å². The van der Waals surface area contributed by atoms with Crippen molar-refractivity contribution in [3.05, 3.63) is 11.6 Å². The molecule has 0 spiro atoms. The van der Waals surface area contributed by atoms with Crippen molar-refractivity contribution in [3.8, 4) is 0 Å². The predicted octanol–water partition coefficient (Wildman–Crippen LogP) is 3.05. The molecule has 1 aliphatic heterocycles.